The molecule has 0 atom stereocenters. The first-order valence-electron chi connectivity index (χ1n) is 7.38. The van der Waals surface area contributed by atoms with Crippen LogP contribution in [0.5, 0.6) is 0 Å². The molecule has 0 fully saturated rings. The van der Waals surface area contributed by atoms with Gasteiger partial charge in [-0.2, -0.15) is 0 Å². The molecule has 0 aliphatic carbocycles. The van der Waals surface area contributed by atoms with E-state index >= 15 is 0 Å². The van der Waals surface area contributed by atoms with Crippen molar-refractivity contribution in [2.24, 2.45) is 0 Å². The lowest BCUT2D eigenvalue weighted by Crippen LogP contribution is -2.24. The van der Waals surface area contributed by atoms with Crippen LogP contribution in [0, 0.1) is 0 Å². The lowest BCUT2D eigenvalue weighted by molar-refractivity contribution is 0.602. The zero-order valence-electron chi connectivity index (χ0n) is 12.5. The summed E-state index contributed by atoms with van der Waals surface area (Å²) in [6, 6.07) is 19.7. The second kappa shape index (κ2) is 6.30. The van der Waals surface area contributed by atoms with Crippen LogP contribution in [-0.4, -0.2) is 15.0 Å². The summed E-state index contributed by atoms with van der Waals surface area (Å²) in [6.07, 6.45) is 0. The van der Waals surface area contributed by atoms with E-state index in [1.54, 1.807) is 0 Å². The average Bonchev–Trinajstić information content (AvgIpc) is 3.03. The van der Waals surface area contributed by atoms with Crippen molar-refractivity contribution in [1.29, 1.82) is 0 Å². The van der Waals surface area contributed by atoms with Crippen LogP contribution in [-0.2, 0) is 6.54 Å². The molecule has 0 aliphatic heterocycles. The van der Waals surface area contributed by atoms with Gasteiger partial charge in [-0.05, 0) is 29.3 Å². The van der Waals surface area contributed by atoms with Gasteiger partial charge >= 0.3 is 0 Å². The molecule has 118 valence electrons. The van der Waals surface area contributed by atoms with Crippen molar-refractivity contribution in [3.05, 3.63) is 81.1 Å². The Labute approximate surface area is 150 Å². The van der Waals surface area contributed by atoms with Crippen LogP contribution in [0.4, 0.5) is 0 Å². The third-order valence-corrected chi connectivity index (χ3v) is 5.26. The van der Waals surface area contributed by atoms with E-state index < -0.39 is 0 Å². The molecule has 0 bridgehead atoms. The molecule has 0 N–H and O–H groups in total. The third-order valence-electron chi connectivity index (χ3n) is 3.70. The van der Waals surface area contributed by atoms with Crippen LogP contribution in [0.2, 0.25) is 0 Å². The van der Waals surface area contributed by atoms with Crippen molar-refractivity contribution >= 4 is 37.5 Å². The average molecular weight is 398 g/mol. The van der Waals surface area contributed by atoms with Gasteiger partial charge in [0.05, 0.1) is 11.9 Å². The highest BCUT2D eigenvalue weighted by molar-refractivity contribution is 9.10. The Morgan fingerprint density at radius 2 is 1.88 bits per heavy atom. The van der Waals surface area contributed by atoms with Crippen LogP contribution in [0.3, 0.4) is 0 Å². The maximum Gasteiger partial charge on any atom is 0.278 e. The predicted molar refractivity (Wildman–Crippen MR) is 100 cm³/mol. The van der Waals surface area contributed by atoms with Gasteiger partial charge in [0.2, 0.25) is 0 Å². The number of nitrogens with zero attached hydrogens (tertiary/aromatic N) is 3. The number of benzene rings is 2. The molecule has 4 nitrogen and oxygen atoms in total. The van der Waals surface area contributed by atoms with Crippen molar-refractivity contribution in [3.8, 4) is 10.4 Å². The number of hydrogen-bond acceptors (Lipinski definition) is 4. The standard InChI is InChI=1S/C18H12BrN3OS/c19-14-8-4-5-12(9-14)11-22-18(23)15-10-16(24-17(15)20-21-22)13-6-2-1-3-7-13/h1-10H,11H2. The van der Waals surface area contributed by atoms with E-state index in [9.17, 15) is 4.79 Å². The van der Waals surface area contributed by atoms with Gasteiger partial charge in [-0.3, -0.25) is 4.79 Å². The van der Waals surface area contributed by atoms with Gasteiger partial charge in [0.25, 0.3) is 5.56 Å². The summed E-state index contributed by atoms with van der Waals surface area (Å²) in [7, 11) is 0. The normalized spacial score (nSPS) is 11.0. The van der Waals surface area contributed by atoms with Crippen molar-refractivity contribution < 1.29 is 0 Å². The number of thiophene rings is 1. The molecule has 0 amide bonds. The van der Waals surface area contributed by atoms with Crippen molar-refractivity contribution in [2.45, 2.75) is 6.54 Å². The van der Waals surface area contributed by atoms with E-state index in [1.165, 1.54) is 16.0 Å². The number of halogens is 1. The Bertz CT molecular complexity index is 1070. The minimum absolute atomic E-state index is 0.113. The largest absolute Gasteiger partial charge is 0.278 e. The summed E-state index contributed by atoms with van der Waals surface area (Å²) in [4.78, 5) is 14.4. The fraction of sp³-hybridized carbons (Fsp3) is 0.0556. The van der Waals surface area contributed by atoms with E-state index in [4.69, 9.17) is 0 Å². The molecule has 4 rings (SSSR count). The number of aromatic nitrogens is 3. The van der Waals surface area contributed by atoms with Gasteiger partial charge < -0.3 is 0 Å². The molecule has 0 saturated carbocycles. The quantitative estimate of drug-likeness (QED) is 0.516. The molecular formula is C18H12BrN3OS. The Hall–Kier alpha value is -2.31. The summed E-state index contributed by atoms with van der Waals surface area (Å²) < 4.78 is 2.38. The number of fused-ring (bicyclic) bond motifs is 1. The highest BCUT2D eigenvalue weighted by atomic mass is 79.9. The van der Waals surface area contributed by atoms with E-state index in [0.29, 0.717) is 16.8 Å². The maximum absolute atomic E-state index is 12.7. The van der Waals surface area contributed by atoms with Crippen LogP contribution >= 0.6 is 27.3 Å². The smallest absolute Gasteiger partial charge is 0.267 e. The Morgan fingerprint density at radius 1 is 1.04 bits per heavy atom. The van der Waals surface area contributed by atoms with E-state index in [0.717, 1.165) is 20.5 Å². The Kier molecular flexibility index (Phi) is 4.00. The van der Waals surface area contributed by atoms with Gasteiger partial charge in [-0.15, -0.1) is 16.4 Å². The zero-order valence-corrected chi connectivity index (χ0v) is 14.9. The Balaban J connectivity index is 1.76. The maximum atomic E-state index is 12.7. The second-order valence-corrected chi connectivity index (χ2v) is 7.32. The zero-order chi connectivity index (χ0) is 16.5. The fourth-order valence-electron chi connectivity index (χ4n) is 2.54. The molecule has 0 spiro atoms. The van der Waals surface area contributed by atoms with Crippen LogP contribution in [0.15, 0.2) is 69.9 Å². The van der Waals surface area contributed by atoms with Crippen molar-refractivity contribution in [3.63, 3.8) is 0 Å². The van der Waals surface area contributed by atoms with Gasteiger partial charge in [0, 0.05) is 9.35 Å². The van der Waals surface area contributed by atoms with Crippen LogP contribution < -0.4 is 5.56 Å². The second-order valence-electron chi connectivity index (χ2n) is 5.38. The molecule has 0 aliphatic rings. The molecule has 2 heterocycles. The third kappa shape index (κ3) is 2.90. The van der Waals surface area contributed by atoms with Crippen LogP contribution in [0.25, 0.3) is 20.7 Å². The van der Waals surface area contributed by atoms with E-state index in [-0.39, 0.29) is 5.56 Å². The highest BCUT2D eigenvalue weighted by Crippen LogP contribution is 2.30. The number of hydrogen-bond donors (Lipinski definition) is 0. The van der Waals surface area contributed by atoms with Crippen molar-refractivity contribution in [1.82, 2.24) is 15.0 Å². The Morgan fingerprint density at radius 3 is 2.67 bits per heavy atom. The summed E-state index contributed by atoms with van der Waals surface area (Å²) >= 11 is 4.93. The van der Waals surface area contributed by atoms with Gasteiger partial charge in [-0.25, -0.2) is 4.68 Å². The van der Waals surface area contributed by atoms with E-state index in [1.807, 2.05) is 60.7 Å². The summed E-state index contributed by atoms with van der Waals surface area (Å²) in [5, 5.41) is 8.93. The van der Waals surface area contributed by atoms with Gasteiger partial charge in [0.1, 0.15) is 0 Å². The number of rotatable bonds is 3. The molecular weight excluding hydrogens is 386 g/mol. The highest BCUT2D eigenvalue weighted by Gasteiger charge is 2.11. The van der Waals surface area contributed by atoms with Crippen LogP contribution in [0.1, 0.15) is 5.56 Å². The molecule has 6 heteroatoms. The molecule has 0 radical (unpaired) electrons. The molecule has 2 aromatic heterocycles. The SMILES string of the molecule is O=c1c2cc(-c3ccccc3)sc2nnn1Cc1cccc(Br)c1. The summed E-state index contributed by atoms with van der Waals surface area (Å²) in [5.41, 5.74) is 1.97. The summed E-state index contributed by atoms with van der Waals surface area (Å²) in [5.74, 6) is 0. The minimum atomic E-state index is -0.113. The van der Waals surface area contributed by atoms with Crippen molar-refractivity contribution in [2.75, 3.05) is 0 Å². The topological polar surface area (TPSA) is 47.8 Å². The predicted octanol–water partition coefficient (Wildman–Crippen LogP) is 4.33. The van der Waals surface area contributed by atoms with Gasteiger partial charge in [0.15, 0.2) is 4.83 Å². The fourth-order valence-corrected chi connectivity index (χ4v) is 3.96. The molecule has 24 heavy (non-hydrogen) atoms. The summed E-state index contributed by atoms with van der Waals surface area (Å²) in [6.45, 7) is 0.401. The lowest BCUT2D eigenvalue weighted by Gasteiger charge is -2.03. The molecule has 4 aromatic rings. The lowest BCUT2D eigenvalue weighted by atomic mass is 10.2. The minimum Gasteiger partial charge on any atom is -0.267 e. The first kappa shape index (κ1) is 15.2. The van der Waals surface area contributed by atoms with E-state index in [2.05, 4.69) is 26.2 Å². The molecule has 0 unspecified atom stereocenters. The first-order chi connectivity index (χ1) is 11.7. The molecule has 2 aromatic carbocycles. The first-order valence-corrected chi connectivity index (χ1v) is 8.99. The van der Waals surface area contributed by atoms with Gasteiger partial charge in [-0.1, -0.05) is 63.6 Å². The monoisotopic (exact) mass is 397 g/mol. The molecule has 0 saturated heterocycles.